The Bertz CT molecular complexity index is 372. The van der Waals surface area contributed by atoms with E-state index >= 15 is 0 Å². The summed E-state index contributed by atoms with van der Waals surface area (Å²) in [5, 5.41) is 4.99. The first-order valence-electron chi connectivity index (χ1n) is 5.83. The Morgan fingerprint density at radius 2 is 2.29 bits per heavy atom. The van der Waals surface area contributed by atoms with Gasteiger partial charge in [0, 0.05) is 18.1 Å². The monoisotopic (exact) mass is 254 g/mol. The third-order valence-electron chi connectivity index (χ3n) is 3.15. The van der Waals surface area contributed by atoms with Crippen molar-refractivity contribution in [2.45, 2.75) is 31.3 Å². The van der Waals surface area contributed by atoms with Gasteiger partial charge in [0.15, 0.2) is 0 Å². The molecule has 0 saturated carbocycles. The number of ether oxygens (including phenoxy) is 1. The zero-order chi connectivity index (χ0) is 12.3. The van der Waals surface area contributed by atoms with Gasteiger partial charge in [0.2, 0.25) is 5.91 Å². The molecule has 1 aromatic heterocycles. The van der Waals surface area contributed by atoms with Gasteiger partial charge < -0.3 is 15.8 Å². The maximum absolute atomic E-state index is 12.1. The molecule has 0 unspecified atom stereocenters. The number of nitrogens with two attached hydrogens (primary N) is 1. The van der Waals surface area contributed by atoms with Crippen LogP contribution in [-0.4, -0.2) is 24.7 Å². The van der Waals surface area contributed by atoms with Crippen LogP contribution in [0.25, 0.3) is 0 Å². The standard InChI is InChI=1S/C12H18N2O2S/c1-9(10-3-2-8-17-10)14-11(15)12(13)4-6-16-7-5-12/h2-3,8-9H,4-7,13H2,1H3,(H,14,15)/t9-/m1/s1. The van der Waals surface area contributed by atoms with Crippen molar-refractivity contribution >= 4 is 17.2 Å². The van der Waals surface area contributed by atoms with Crippen LogP contribution in [0.3, 0.4) is 0 Å². The molecule has 1 amide bonds. The van der Waals surface area contributed by atoms with Crippen LogP contribution in [0.4, 0.5) is 0 Å². The van der Waals surface area contributed by atoms with E-state index in [1.54, 1.807) is 11.3 Å². The fraction of sp³-hybridized carbons (Fsp3) is 0.583. The zero-order valence-electron chi connectivity index (χ0n) is 9.94. The number of hydrogen-bond acceptors (Lipinski definition) is 4. The van der Waals surface area contributed by atoms with Gasteiger partial charge in [0.25, 0.3) is 0 Å². The lowest BCUT2D eigenvalue weighted by Crippen LogP contribution is -2.57. The summed E-state index contributed by atoms with van der Waals surface area (Å²) in [7, 11) is 0. The Morgan fingerprint density at radius 1 is 1.59 bits per heavy atom. The van der Waals surface area contributed by atoms with Crippen LogP contribution in [0.5, 0.6) is 0 Å². The van der Waals surface area contributed by atoms with E-state index in [0.29, 0.717) is 26.1 Å². The Hall–Kier alpha value is -0.910. The van der Waals surface area contributed by atoms with Gasteiger partial charge in [-0.15, -0.1) is 11.3 Å². The molecule has 0 bridgehead atoms. The van der Waals surface area contributed by atoms with Crippen LogP contribution in [-0.2, 0) is 9.53 Å². The minimum absolute atomic E-state index is 0.0192. The number of thiophene rings is 1. The number of rotatable bonds is 3. The van der Waals surface area contributed by atoms with Crippen LogP contribution in [0, 0.1) is 0 Å². The largest absolute Gasteiger partial charge is 0.381 e. The Kier molecular flexibility index (Phi) is 3.81. The molecule has 3 N–H and O–H groups in total. The first-order chi connectivity index (χ1) is 8.12. The minimum Gasteiger partial charge on any atom is -0.381 e. The van der Waals surface area contributed by atoms with Gasteiger partial charge in [-0.1, -0.05) is 6.07 Å². The number of carbonyl (C=O) groups is 1. The average Bonchev–Trinajstić information content (AvgIpc) is 2.83. The summed E-state index contributed by atoms with van der Waals surface area (Å²) in [6, 6.07) is 4.02. The molecular weight excluding hydrogens is 236 g/mol. The number of nitrogens with one attached hydrogen (secondary N) is 1. The molecule has 2 heterocycles. The van der Waals surface area contributed by atoms with Gasteiger partial charge in [-0.25, -0.2) is 0 Å². The molecule has 1 aliphatic heterocycles. The molecule has 0 aliphatic carbocycles. The highest BCUT2D eigenvalue weighted by Gasteiger charge is 2.36. The number of hydrogen-bond donors (Lipinski definition) is 2. The van der Waals surface area contributed by atoms with Crippen LogP contribution in [0.2, 0.25) is 0 Å². The SMILES string of the molecule is C[C@@H](NC(=O)C1(N)CCOCC1)c1cccs1. The summed E-state index contributed by atoms with van der Waals surface area (Å²) in [4.78, 5) is 13.3. The van der Waals surface area contributed by atoms with E-state index in [1.165, 1.54) is 0 Å². The summed E-state index contributed by atoms with van der Waals surface area (Å²) in [6.07, 6.45) is 1.19. The van der Waals surface area contributed by atoms with Crippen molar-refractivity contribution in [1.82, 2.24) is 5.32 Å². The lowest BCUT2D eigenvalue weighted by molar-refractivity contribution is -0.130. The lowest BCUT2D eigenvalue weighted by Gasteiger charge is -2.32. The predicted molar refractivity (Wildman–Crippen MR) is 67.8 cm³/mol. The molecule has 4 nitrogen and oxygen atoms in total. The summed E-state index contributed by atoms with van der Waals surface area (Å²) < 4.78 is 5.23. The smallest absolute Gasteiger partial charge is 0.240 e. The first kappa shape index (κ1) is 12.5. The summed E-state index contributed by atoms with van der Waals surface area (Å²) in [5.41, 5.74) is 5.36. The van der Waals surface area contributed by atoms with Crippen LogP contribution < -0.4 is 11.1 Å². The van der Waals surface area contributed by atoms with E-state index in [2.05, 4.69) is 5.32 Å². The molecule has 17 heavy (non-hydrogen) atoms. The van der Waals surface area contributed by atoms with Crippen molar-refractivity contribution in [3.05, 3.63) is 22.4 Å². The molecule has 1 saturated heterocycles. The van der Waals surface area contributed by atoms with Gasteiger partial charge in [0.05, 0.1) is 11.6 Å². The average molecular weight is 254 g/mol. The number of carbonyl (C=O) groups excluding carboxylic acids is 1. The first-order valence-corrected chi connectivity index (χ1v) is 6.71. The minimum atomic E-state index is -0.760. The zero-order valence-corrected chi connectivity index (χ0v) is 10.8. The maximum Gasteiger partial charge on any atom is 0.240 e. The van der Waals surface area contributed by atoms with Crippen LogP contribution in [0.1, 0.15) is 30.7 Å². The highest BCUT2D eigenvalue weighted by Crippen LogP contribution is 2.22. The third kappa shape index (κ3) is 2.86. The van der Waals surface area contributed by atoms with Crippen molar-refractivity contribution in [3.8, 4) is 0 Å². The highest BCUT2D eigenvalue weighted by atomic mass is 32.1. The second-order valence-electron chi connectivity index (χ2n) is 4.48. The molecule has 0 radical (unpaired) electrons. The molecule has 5 heteroatoms. The molecule has 1 aromatic rings. The molecule has 1 aliphatic rings. The van der Waals surface area contributed by atoms with Crippen LogP contribution in [0.15, 0.2) is 17.5 Å². The van der Waals surface area contributed by atoms with E-state index in [1.807, 2.05) is 24.4 Å². The van der Waals surface area contributed by atoms with E-state index in [0.717, 1.165) is 4.88 Å². The quantitative estimate of drug-likeness (QED) is 0.857. The molecule has 0 aromatic carbocycles. The van der Waals surface area contributed by atoms with E-state index in [4.69, 9.17) is 10.5 Å². The van der Waals surface area contributed by atoms with Crippen molar-refractivity contribution in [2.24, 2.45) is 5.73 Å². The second kappa shape index (κ2) is 5.16. The molecule has 94 valence electrons. The van der Waals surface area contributed by atoms with Gasteiger partial charge in [0.1, 0.15) is 0 Å². The fourth-order valence-electron chi connectivity index (χ4n) is 1.91. The van der Waals surface area contributed by atoms with Crippen molar-refractivity contribution < 1.29 is 9.53 Å². The Labute approximate surface area is 105 Å². The Morgan fingerprint density at radius 3 is 2.88 bits per heavy atom. The van der Waals surface area contributed by atoms with Gasteiger partial charge in [-0.3, -0.25) is 4.79 Å². The van der Waals surface area contributed by atoms with E-state index in [9.17, 15) is 4.79 Å². The second-order valence-corrected chi connectivity index (χ2v) is 5.46. The molecule has 1 fully saturated rings. The Balaban J connectivity index is 1.96. The third-order valence-corrected chi connectivity index (χ3v) is 4.21. The lowest BCUT2D eigenvalue weighted by atomic mass is 9.90. The van der Waals surface area contributed by atoms with E-state index in [-0.39, 0.29) is 11.9 Å². The fourth-order valence-corrected chi connectivity index (χ4v) is 2.65. The predicted octanol–water partition coefficient (Wildman–Crippen LogP) is 1.43. The van der Waals surface area contributed by atoms with Crippen molar-refractivity contribution in [3.63, 3.8) is 0 Å². The topological polar surface area (TPSA) is 64.4 Å². The normalized spacial score (nSPS) is 20.8. The summed E-state index contributed by atoms with van der Waals surface area (Å²) in [6.45, 7) is 3.11. The summed E-state index contributed by atoms with van der Waals surface area (Å²) in [5.74, 6) is -0.0679. The summed E-state index contributed by atoms with van der Waals surface area (Å²) >= 11 is 1.64. The molecule has 1 atom stereocenters. The highest BCUT2D eigenvalue weighted by molar-refractivity contribution is 7.10. The van der Waals surface area contributed by atoms with E-state index < -0.39 is 5.54 Å². The van der Waals surface area contributed by atoms with Crippen LogP contribution >= 0.6 is 11.3 Å². The van der Waals surface area contributed by atoms with Crippen molar-refractivity contribution in [2.75, 3.05) is 13.2 Å². The maximum atomic E-state index is 12.1. The van der Waals surface area contributed by atoms with Gasteiger partial charge in [-0.05, 0) is 31.2 Å². The molecule has 2 rings (SSSR count). The van der Waals surface area contributed by atoms with Gasteiger partial charge in [-0.2, -0.15) is 0 Å². The molecular formula is C12H18N2O2S. The molecule has 0 spiro atoms. The van der Waals surface area contributed by atoms with Gasteiger partial charge >= 0.3 is 0 Å². The number of amides is 1. The van der Waals surface area contributed by atoms with Crippen molar-refractivity contribution in [1.29, 1.82) is 0 Å².